The molecule has 0 aliphatic carbocycles. The predicted octanol–water partition coefficient (Wildman–Crippen LogP) is 2.19. The van der Waals surface area contributed by atoms with Gasteiger partial charge in [0.15, 0.2) is 5.76 Å². The van der Waals surface area contributed by atoms with E-state index in [1.807, 2.05) is 0 Å². The lowest BCUT2D eigenvalue weighted by atomic mass is 9.98. The summed E-state index contributed by atoms with van der Waals surface area (Å²) in [6, 6.07) is 3.50. The number of rotatable bonds is 2. The number of hydrogen-bond donors (Lipinski definition) is 1. The first-order chi connectivity index (χ1) is 9.24. The van der Waals surface area contributed by atoms with Gasteiger partial charge in [-0.2, -0.15) is 4.98 Å². The van der Waals surface area contributed by atoms with Crippen molar-refractivity contribution in [1.82, 2.24) is 15.0 Å². The SMILES string of the molecule is O=C(O)N1CCC[C@H](c2nc(-c3ccco3)no2)C1. The van der Waals surface area contributed by atoms with E-state index in [4.69, 9.17) is 14.0 Å². The fourth-order valence-corrected chi connectivity index (χ4v) is 2.26. The van der Waals surface area contributed by atoms with Crippen LogP contribution < -0.4 is 0 Å². The molecule has 1 saturated heterocycles. The Morgan fingerprint density at radius 3 is 3.16 bits per heavy atom. The van der Waals surface area contributed by atoms with Crippen LogP contribution in [0.2, 0.25) is 0 Å². The standard InChI is InChI=1S/C12H13N3O4/c16-12(17)15-5-1-3-8(7-15)11-13-10(14-19-11)9-4-2-6-18-9/h2,4,6,8H,1,3,5,7H2,(H,16,17)/t8-/m0/s1. The number of carbonyl (C=O) groups is 1. The van der Waals surface area contributed by atoms with Gasteiger partial charge in [-0.1, -0.05) is 5.16 Å². The van der Waals surface area contributed by atoms with E-state index in [1.165, 1.54) is 11.2 Å². The van der Waals surface area contributed by atoms with Crippen LogP contribution >= 0.6 is 0 Å². The minimum Gasteiger partial charge on any atom is -0.465 e. The number of likely N-dealkylation sites (tertiary alicyclic amines) is 1. The van der Waals surface area contributed by atoms with E-state index in [1.54, 1.807) is 12.1 Å². The topological polar surface area (TPSA) is 92.6 Å². The number of amides is 1. The van der Waals surface area contributed by atoms with Crippen LogP contribution in [0.1, 0.15) is 24.7 Å². The van der Waals surface area contributed by atoms with E-state index in [-0.39, 0.29) is 5.92 Å². The van der Waals surface area contributed by atoms with Gasteiger partial charge in [-0.3, -0.25) is 0 Å². The van der Waals surface area contributed by atoms with Crippen molar-refractivity contribution in [3.05, 3.63) is 24.3 Å². The third-order valence-electron chi connectivity index (χ3n) is 3.22. The number of carboxylic acid groups (broad SMARTS) is 1. The molecule has 0 radical (unpaired) electrons. The maximum Gasteiger partial charge on any atom is 0.407 e. The van der Waals surface area contributed by atoms with Crippen molar-refractivity contribution >= 4 is 6.09 Å². The van der Waals surface area contributed by atoms with Gasteiger partial charge in [-0.25, -0.2) is 4.79 Å². The summed E-state index contributed by atoms with van der Waals surface area (Å²) in [5, 5.41) is 12.9. The van der Waals surface area contributed by atoms with E-state index in [9.17, 15) is 4.79 Å². The zero-order chi connectivity index (χ0) is 13.2. The van der Waals surface area contributed by atoms with Crippen LogP contribution in [0.5, 0.6) is 0 Å². The molecule has 3 rings (SSSR count). The lowest BCUT2D eigenvalue weighted by molar-refractivity contribution is 0.126. The fourth-order valence-electron chi connectivity index (χ4n) is 2.26. The highest BCUT2D eigenvalue weighted by Gasteiger charge is 2.28. The molecule has 7 heteroatoms. The monoisotopic (exact) mass is 263 g/mol. The minimum atomic E-state index is -0.907. The molecule has 0 bridgehead atoms. The van der Waals surface area contributed by atoms with Gasteiger partial charge in [0, 0.05) is 13.1 Å². The molecule has 1 aliphatic rings. The largest absolute Gasteiger partial charge is 0.465 e. The van der Waals surface area contributed by atoms with Gasteiger partial charge < -0.3 is 18.9 Å². The summed E-state index contributed by atoms with van der Waals surface area (Å²) in [7, 11) is 0. The van der Waals surface area contributed by atoms with Crippen molar-refractivity contribution in [2.45, 2.75) is 18.8 Å². The molecule has 0 aromatic carbocycles. The molecule has 0 unspecified atom stereocenters. The summed E-state index contributed by atoms with van der Waals surface area (Å²) in [6.07, 6.45) is 2.28. The molecule has 1 N–H and O–H groups in total. The molecule has 3 heterocycles. The summed E-state index contributed by atoms with van der Waals surface area (Å²) >= 11 is 0. The van der Waals surface area contributed by atoms with Gasteiger partial charge in [0.2, 0.25) is 11.7 Å². The highest BCUT2D eigenvalue weighted by molar-refractivity contribution is 5.65. The number of nitrogens with zero attached hydrogens (tertiary/aromatic N) is 3. The van der Waals surface area contributed by atoms with Crippen LogP contribution in [-0.4, -0.2) is 39.3 Å². The Labute approximate surface area is 108 Å². The number of aromatic nitrogens is 2. The van der Waals surface area contributed by atoms with E-state index in [0.717, 1.165) is 12.8 Å². The van der Waals surface area contributed by atoms with Gasteiger partial charge in [0.1, 0.15) is 0 Å². The second-order valence-electron chi connectivity index (χ2n) is 4.50. The third-order valence-corrected chi connectivity index (χ3v) is 3.22. The zero-order valence-corrected chi connectivity index (χ0v) is 10.2. The van der Waals surface area contributed by atoms with E-state index < -0.39 is 6.09 Å². The van der Waals surface area contributed by atoms with Gasteiger partial charge in [0.05, 0.1) is 12.2 Å². The van der Waals surface area contributed by atoms with Crippen LogP contribution in [0, 0.1) is 0 Å². The first-order valence-electron chi connectivity index (χ1n) is 6.09. The van der Waals surface area contributed by atoms with Crippen molar-refractivity contribution in [3.8, 4) is 11.6 Å². The van der Waals surface area contributed by atoms with Gasteiger partial charge in [-0.15, -0.1) is 0 Å². The molecule has 1 atom stereocenters. The third kappa shape index (κ3) is 2.31. The van der Waals surface area contributed by atoms with Crippen LogP contribution in [0.3, 0.4) is 0 Å². The van der Waals surface area contributed by atoms with Gasteiger partial charge in [-0.05, 0) is 25.0 Å². The van der Waals surface area contributed by atoms with Crippen molar-refractivity contribution < 1.29 is 18.8 Å². The normalized spacial score (nSPS) is 19.6. The molecule has 19 heavy (non-hydrogen) atoms. The molecule has 7 nitrogen and oxygen atoms in total. The van der Waals surface area contributed by atoms with Crippen molar-refractivity contribution in [2.75, 3.05) is 13.1 Å². The molecule has 0 spiro atoms. The van der Waals surface area contributed by atoms with Crippen LogP contribution in [-0.2, 0) is 0 Å². The maximum absolute atomic E-state index is 11.0. The first kappa shape index (κ1) is 11.8. The van der Waals surface area contributed by atoms with E-state index >= 15 is 0 Å². The second-order valence-corrected chi connectivity index (χ2v) is 4.50. The molecule has 2 aromatic rings. The van der Waals surface area contributed by atoms with Crippen LogP contribution in [0.4, 0.5) is 4.79 Å². The lowest BCUT2D eigenvalue weighted by Gasteiger charge is -2.28. The highest BCUT2D eigenvalue weighted by Crippen LogP contribution is 2.27. The van der Waals surface area contributed by atoms with Gasteiger partial charge >= 0.3 is 6.09 Å². The fraction of sp³-hybridized carbons (Fsp3) is 0.417. The summed E-state index contributed by atoms with van der Waals surface area (Å²) in [6.45, 7) is 0.958. The highest BCUT2D eigenvalue weighted by atomic mass is 16.5. The second kappa shape index (κ2) is 4.75. The lowest BCUT2D eigenvalue weighted by Crippen LogP contribution is -2.38. The molecule has 2 aromatic heterocycles. The average Bonchev–Trinajstić information content (AvgIpc) is 3.09. The van der Waals surface area contributed by atoms with Crippen molar-refractivity contribution in [1.29, 1.82) is 0 Å². The summed E-state index contributed by atoms with van der Waals surface area (Å²) in [5.74, 6) is 1.37. The summed E-state index contributed by atoms with van der Waals surface area (Å²) in [4.78, 5) is 16.6. The van der Waals surface area contributed by atoms with Crippen molar-refractivity contribution in [3.63, 3.8) is 0 Å². The van der Waals surface area contributed by atoms with E-state index in [2.05, 4.69) is 10.1 Å². The zero-order valence-electron chi connectivity index (χ0n) is 10.2. The Kier molecular flexibility index (Phi) is 2.94. The number of furan rings is 1. The molecule has 0 saturated carbocycles. The van der Waals surface area contributed by atoms with Crippen molar-refractivity contribution in [2.24, 2.45) is 0 Å². The summed E-state index contributed by atoms with van der Waals surface area (Å²) < 4.78 is 10.4. The molecular weight excluding hydrogens is 250 g/mol. The maximum atomic E-state index is 11.0. The predicted molar refractivity (Wildman–Crippen MR) is 63.6 cm³/mol. The summed E-state index contributed by atoms with van der Waals surface area (Å²) in [5.41, 5.74) is 0. The average molecular weight is 263 g/mol. The Morgan fingerprint density at radius 1 is 1.53 bits per heavy atom. The first-order valence-corrected chi connectivity index (χ1v) is 6.09. The Hall–Kier alpha value is -2.31. The quantitative estimate of drug-likeness (QED) is 0.892. The number of piperidine rings is 1. The molecule has 1 amide bonds. The van der Waals surface area contributed by atoms with Crippen LogP contribution in [0.25, 0.3) is 11.6 Å². The van der Waals surface area contributed by atoms with E-state index in [0.29, 0.717) is 30.6 Å². The Morgan fingerprint density at radius 2 is 2.42 bits per heavy atom. The van der Waals surface area contributed by atoms with Crippen LogP contribution in [0.15, 0.2) is 27.3 Å². The molecule has 1 fully saturated rings. The number of hydrogen-bond acceptors (Lipinski definition) is 5. The molecule has 1 aliphatic heterocycles. The van der Waals surface area contributed by atoms with Gasteiger partial charge in [0.25, 0.3) is 0 Å². The molecule has 100 valence electrons. The molecular formula is C12H13N3O4. The minimum absolute atomic E-state index is 0.0407. The Balaban J connectivity index is 1.77. The smallest absolute Gasteiger partial charge is 0.407 e. The Bertz CT molecular complexity index is 563.